The van der Waals surface area contributed by atoms with Gasteiger partial charge >= 0.3 is 0 Å². The Hall–Kier alpha value is -0.760. The molecular formula is C15H26O2. The highest BCUT2D eigenvalue weighted by Gasteiger charge is 1.95. The van der Waals surface area contributed by atoms with E-state index in [2.05, 4.69) is 6.92 Å². The average Bonchev–Trinajstić information content (AvgIpc) is 2.85. The van der Waals surface area contributed by atoms with Crippen molar-refractivity contribution in [1.82, 2.24) is 0 Å². The molecule has 1 aromatic rings. The summed E-state index contributed by atoms with van der Waals surface area (Å²) < 4.78 is 10.7. The molecule has 0 bridgehead atoms. The molecule has 2 nitrogen and oxygen atoms in total. The molecule has 0 unspecified atom stereocenters. The SMILES string of the molecule is CCCCCCCCCCOCc1ccco1. The third-order valence-electron chi connectivity index (χ3n) is 2.97. The lowest BCUT2D eigenvalue weighted by molar-refractivity contribution is 0.102. The van der Waals surface area contributed by atoms with Crippen LogP contribution in [0.1, 0.15) is 64.1 Å². The highest BCUT2D eigenvalue weighted by molar-refractivity contribution is 4.95. The molecule has 1 rings (SSSR count). The Morgan fingerprint density at radius 3 is 2.35 bits per heavy atom. The van der Waals surface area contributed by atoms with Crippen LogP contribution in [-0.4, -0.2) is 6.61 Å². The number of furan rings is 1. The van der Waals surface area contributed by atoms with Crippen LogP contribution in [0.2, 0.25) is 0 Å². The second kappa shape index (κ2) is 10.4. The lowest BCUT2D eigenvalue weighted by Gasteiger charge is -2.03. The van der Waals surface area contributed by atoms with Gasteiger partial charge in [-0.05, 0) is 18.6 Å². The van der Waals surface area contributed by atoms with Crippen LogP contribution < -0.4 is 0 Å². The molecule has 0 amide bonds. The molecule has 1 aromatic heterocycles. The van der Waals surface area contributed by atoms with Crippen molar-refractivity contribution in [1.29, 1.82) is 0 Å². The van der Waals surface area contributed by atoms with E-state index in [1.54, 1.807) is 6.26 Å². The molecule has 0 fully saturated rings. The van der Waals surface area contributed by atoms with Crippen LogP contribution in [0.25, 0.3) is 0 Å². The Morgan fingerprint density at radius 2 is 1.71 bits per heavy atom. The van der Waals surface area contributed by atoms with Gasteiger partial charge in [-0.25, -0.2) is 0 Å². The van der Waals surface area contributed by atoms with Crippen LogP contribution in [0.15, 0.2) is 22.8 Å². The summed E-state index contributed by atoms with van der Waals surface area (Å²) in [5.74, 6) is 0.921. The molecule has 0 saturated heterocycles. The van der Waals surface area contributed by atoms with Gasteiger partial charge in [0, 0.05) is 6.61 Å². The Kier molecular flexibility index (Phi) is 8.75. The van der Waals surface area contributed by atoms with E-state index < -0.39 is 0 Å². The predicted octanol–water partition coefficient (Wildman–Crippen LogP) is 4.94. The first-order valence-corrected chi connectivity index (χ1v) is 7.03. The second-order valence-electron chi connectivity index (χ2n) is 4.61. The van der Waals surface area contributed by atoms with E-state index in [0.29, 0.717) is 6.61 Å². The predicted molar refractivity (Wildman–Crippen MR) is 71.0 cm³/mol. The number of hydrogen-bond acceptors (Lipinski definition) is 2. The maximum Gasteiger partial charge on any atom is 0.129 e. The number of unbranched alkanes of at least 4 members (excludes halogenated alkanes) is 7. The van der Waals surface area contributed by atoms with Crippen LogP contribution >= 0.6 is 0 Å². The summed E-state index contributed by atoms with van der Waals surface area (Å²) in [5, 5.41) is 0. The van der Waals surface area contributed by atoms with Crippen LogP contribution in [0.5, 0.6) is 0 Å². The van der Waals surface area contributed by atoms with Crippen molar-refractivity contribution in [3.8, 4) is 0 Å². The van der Waals surface area contributed by atoms with E-state index in [1.807, 2.05) is 12.1 Å². The van der Waals surface area contributed by atoms with Crippen LogP contribution in [0, 0.1) is 0 Å². The fraction of sp³-hybridized carbons (Fsp3) is 0.733. The van der Waals surface area contributed by atoms with Gasteiger partial charge in [0.2, 0.25) is 0 Å². The van der Waals surface area contributed by atoms with E-state index >= 15 is 0 Å². The fourth-order valence-electron chi connectivity index (χ4n) is 1.91. The molecule has 0 aromatic carbocycles. The van der Waals surface area contributed by atoms with Crippen LogP contribution in [0.4, 0.5) is 0 Å². The Balaban J connectivity index is 1.76. The van der Waals surface area contributed by atoms with Gasteiger partial charge in [0.05, 0.1) is 6.26 Å². The van der Waals surface area contributed by atoms with Crippen molar-refractivity contribution in [2.75, 3.05) is 6.61 Å². The minimum atomic E-state index is 0.615. The molecular weight excluding hydrogens is 212 g/mol. The van der Waals surface area contributed by atoms with Gasteiger partial charge < -0.3 is 9.15 Å². The standard InChI is InChI=1S/C15H26O2/c1-2-3-4-5-6-7-8-9-12-16-14-15-11-10-13-17-15/h10-11,13H,2-9,12,14H2,1H3. The van der Waals surface area contributed by atoms with E-state index in [-0.39, 0.29) is 0 Å². The zero-order valence-electron chi connectivity index (χ0n) is 11.1. The topological polar surface area (TPSA) is 22.4 Å². The molecule has 0 aliphatic rings. The molecule has 0 N–H and O–H groups in total. The smallest absolute Gasteiger partial charge is 0.129 e. The zero-order chi connectivity index (χ0) is 12.2. The summed E-state index contributed by atoms with van der Waals surface area (Å²) >= 11 is 0. The molecule has 0 aliphatic heterocycles. The van der Waals surface area contributed by atoms with Crippen molar-refractivity contribution >= 4 is 0 Å². The molecule has 0 atom stereocenters. The molecule has 2 heteroatoms. The number of hydrogen-bond donors (Lipinski definition) is 0. The van der Waals surface area contributed by atoms with Gasteiger partial charge in [0.15, 0.2) is 0 Å². The van der Waals surface area contributed by atoms with Gasteiger partial charge in [-0.15, -0.1) is 0 Å². The monoisotopic (exact) mass is 238 g/mol. The largest absolute Gasteiger partial charge is 0.467 e. The summed E-state index contributed by atoms with van der Waals surface area (Å²) in [6, 6.07) is 3.85. The second-order valence-corrected chi connectivity index (χ2v) is 4.61. The van der Waals surface area contributed by atoms with Crippen molar-refractivity contribution in [3.63, 3.8) is 0 Å². The van der Waals surface area contributed by atoms with Crippen molar-refractivity contribution in [2.45, 2.75) is 64.9 Å². The molecule has 17 heavy (non-hydrogen) atoms. The summed E-state index contributed by atoms with van der Waals surface area (Å²) in [6.07, 6.45) is 12.4. The average molecular weight is 238 g/mol. The lowest BCUT2D eigenvalue weighted by atomic mass is 10.1. The lowest BCUT2D eigenvalue weighted by Crippen LogP contribution is -1.94. The molecule has 0 saturated carbocycles. The van der Waals surface area contributed by atoms with Gasteiger partial charge in [0.1, 0.15) is 12.4 Å². The first kappa shape index (κ1) is 14.3. The van der Waals surface area contributed by atoms with Gasteiger partial charge in [-0.1, -0.05) is 51.9 Å². The first-order valence-electron chi connectivity index (χ1n) is 7.03. The van der Waals surface area contributed by atoms with E-state index in [0.717, 1.165) is 12.4 Å². The highest BCUT2D eigenvalue weighted by Crippen LogP contribution is 2.09. The molecule has 0 spiro atoms. The van der Waals surface area contributed by atoms with Gasteiger partial charge in [-0.2, -0.15) is 0 Å². The maximum atomic E-state index is 5.53. The third-order valence-corrected chi connectivity index (χ3v) is 2.97. The summed E-state index contributed by atoms with van der Waals surface area (Å²) in [4.78, 5) is 0. The van der Waals surface area contributed by atoms with Crippen LogP contribution in [0.3, 0.4) is 0 Å². The summed E-state index contributed by atoms with van der Waals surface area (Å²) in [5.41, 5.74) is 0. The fourth-order valence-corrected chi connectivity index (χ4v) is 1.91. The van der Waals surface area contributed by atoms with E-state index in [9.17, 15) is 0 Å². The van der Waals surface area contributed by atoms with E-state index in [4.69, 9.17) is 9.15 Å². The Bertz CT molecular complexity index is 241. The summed E-state index contributed by atoms with van der Waals surface area (Å²) in [7, 11) is 0. The zero-order valence-corrected chi connectivity index (χ0v) is 11.1. The summed E-state index contributed by atoms with van der Waals surface area (Å²) in [6.45, 7) is 3.73. The Morgan fingerprint density at radius 1 is 1.00 bits per heavy atom. The molecule has 0 aliphatic carbocycles. The van der Waals surface area contributed by atoms with E-state index in [1.165, 1.54) is 51.4 Å². The number of rotatable bonds is 11. The molecule has 0 radical (unpaired) electrons. The normalized spacial score (nSPS) is 10.9. The third kappa shape index (κ3) is 8.03. The Labute approximate surface area is 105 Å². The van der Waals surface area contributed by atoms with Crippen molar-refractivity contribution in [2.24, 2.45) is 0 Å². The van der Waals surface area contributed by atoms with Crippen molar-refractivity contribution < 1.29 is 9.15 Å². The van der Waals surface area contributed by atoms with Gasteiger partial charge in [-0.3, -0.25) is 0 Å². The first-order chi connectivity index (χ1) is 8.43. The van der Waals surface area contributed by atoms with Gasteiger partial charge in [0.25, 0.3) is 0 Å². The van der Waals surface area contributed by atoms with Crippen LogP contribution in [-0.2, 0) is 11.3 Å². The maximum absolute atomic E-state index is 5.53. The minimum Gasteiger partial charge on any atom is -0.467 e. The van der Waals surface area contributed by atoms with Crippen molar-refractivity contribution in [3.05, 3.63) is 24.2 Å². The molecule has 1 heterocycles. The quantitative estimate of drug-likeness (QED) is 0.510. The number of ether oxygens (including phenoxy) is 1. The highest BCUT2D eigenvalue weighted by atomic mass is 16.5. The molecule has 98 valence electrons. The minimum absolute atomic E-state index is 0.615.